The Kier molecular flexibility index (Phi) is 12.1. The predicted molar refractivity (Wildman–Crippen MR) is 171 cm³/mol. The predicted octanol–water partition coefficient (Wildman–Crippen LogP) is 5.19. The van der Waals surface area contributed by atoms with Gasteiger partial charge in [0.1, 0.15) is 24.1 Å². The highest BCUT2D eigenvalue weighted by atomic mass is 35.5. The molecule has 232 valence electrons. The van der Waals surface area contributed by atoms with E-state index >= 15 is 0 Å². The molecule has 0 bridgehead atoms. The van der Waals surface area contributed by atoms with Gasteiger partial charge >= 0.3 is 0 Å². The maximum Gasteiger partial charge on any atom is 0.244 e. The van der Waals surface area contributed by atoms with Gasteiger partial charge in [0.05, 0.1) is 26.2 Å². The van der Waals surface area contributed by atoms with Gasteiger partial charge < -0.3 is 19.7 Å². The van der Waals surface area contributed by atoms with Crippen molar-refractivity contribution < 1.29 is 27.5 Å². The molecule has 0 unspecified atom stereocenters. The largest absolute Gasteiger partial charge is 0.497 e. The van der Waals surface area contributed by atoms with Crippen molar-refractivity contribution in [2.75, 3.05) is 37.9 Å². The third-order valence-corrected chi connectivity index (χ3v) is 8.36. The van der Waals surface area contributed by atoms with Crippen molar-refractivity contribution in [2.24, 2.45) is 5.92 Å². The van der Waals surface area contributed by atoms with Crippen LogP contribution in [0, 0.1) is 5.92 Å². The highest BCUT2D eigenvalue weighted by molar-refractivity contribution is 7.92. The van der Waals surface area contributed by atoms with Gasteiger partial charge in [0.2, 0.25) is 21.8 Å². The monoisotopic (exact) mass is 649 g/mol. The summed E-state index contributed by atoms with van der Waals surface area (Å²) in [5.74, 6) is -0.237. The van der Waals surface area contributed by atoms with E-state index in [0.29, 0.717) is 27.9 Å². The van der Waals surface area contributed by atoms with Crippen LogP contribution in [0.2, 0.25) is 10.0 Å². The SMILES string of the molecule is COc1ccc(OC)c(N(CC(=O)N(Cc2ccc(Cl)cc2Cl)[C@@H](Cc2ccccc2)C(=O)NCC(C)C)S(C)(=O)=O)c1. The topological polar surface area (TPSA) is 105 Å². The molecule has 0 radical (unpaired) electrons. The lowest BCUT2D eigenvalue weighted by Gasteiger charge is -2.34. The molecule has 12 heteroatoms. The minimum atomic E-state index is -4.01. The molecule has 2 amide bonds. The molecule has 43 heavy (non-hydrogen) atoms. The van der Waals surface area contributed by atoms with Gasteiger partial charge in [-0.3, -0.25) is 13.9 Å². The maximum atomic E-state index is 14.3. The van der Waals surface area contributed by atoms with Crippen molar-refractivity contribution in [1.82, 2.24) is 10.2 Å². The Hall–Kier alpha value is -3.47. The van der Waals surface area contributed by atoms with Gasteiger partial charge in [-0.2, -0.15) is 0 Å². The van der Waals surface area contributed by atoms with Crippen LogP contribution in [0.15, 0.2) is 66.7 Å². The number of anilines is 1. The van der Waals surface area contributed by atoms with E-state index in [2.05, 4.69) is 5.32 Å². The molecule has 0 aliphatic rings. The summed E-state index contributed by atoms with van der Waals surface area (Å²) in [6.45, 7) is 3.64. The number of carbonyl (C=O) groups is 2. The van der Waals surface area contributed by atoms with Crippen molar-refractivity contribution >= 4 is 50.7 Å². The van der Waals surface area contributed by atoms with Crippen LogP contribution >= 0.6 is 23.2 Å². The van der Waals surface area contributed by atoms with E-state index in [1.54, 1.807) is 30.3 Å². The summed E-state index contributed by atoms with van der Waals surface area (Å²) >= 11 is 12.6. The molecule has 3 rings (SSSR count). The van der Waals surface area contributed by atoms with Crippen LogP contribution in [0.5, 0.6) is 11.5 Å². The van der Waals surface area contributed by atoms with Crippen molar-refractivity contribution in [2.45, 2.75) is 32.9 Å². The molecule has 0 aliphatic carbocycles. The Morgan fingerprint density at radius 2 is 1.65 bits per heavy atom. The Bertz CT molecular complexity index is 1520. The minimum Gasteiger partial charge on any atom is -0.497 e. The van der Waals surface area contributed by atoms with Crippen molar-refractivity contribution in [3.63, 3.8) is 0 Å². The average molecular weight is 651 g/mol. The Morgan fingerprint density at radius 3 is 2.23 bits per heavy atom. The lowest BCUT2D eigenvalue weighted by molar-refractivity contribution is -0.140. The van der Waals surface area contributed by atoms with Crippen molar-refractivity contribution in [3.05, 3.63) is 87.9 Å². The number of ether oxygens (including phenoxy) is 2. The highest BCUT2D eigenvalue weighted by Crippen LogP contribution is 2.34. The molecular formula is C31H37Cl2N3O6S. The summed E-state index contributed by atoms with van der Waals surface area (Å²) in [7, 11) is -1.16. The summed E-state index contributed by atoms with van der Waals surface area (Å²) < 4.78 is 37.9. The molecule has 0 saturated carbocycles. The lowest BCUT2D eigenvalue weighted by atomic mass is 10.0. The number of hydrogen-bond donors (Lipinski definition) is 1. The second-order valence-corrected chi connectivity index (χ2v) is 13.2. The zero-order valence-corrected chi connectivity index (χ0v) is 27.2. The zero-order valence-electron chi connectivity index (χ0n) is 24.8. The number of amides is 2. The first-order valence-electron chi connectivity index (χ1n) is 13.6. The second-order valence-electron chi connectivity index (χ2n) is 10.4. The summed E-state index contributed by atoms with van der Waals surface area (Å²) in [4.78, 5) is 29.4. The van der Waals surface area contributed by atoms with Crippen LogP contribution in [0.1, 0.15) is 25.0 Å². The molecule has 1 atom stereocenters. The van der Waals surface area contributed by atoms with Crippen LogP contribution in [-0.2, 0) is 32.6 Å². The normalized spacial score (nSPS) is 12.0. The molecular weight excluding hydrogens is 613 g/mol. The van der Waals surface area contributed by atoms with Gasteiger partial charge in [0, 0.05) is 35.6 Å². The van der Waals surface area contributed by atoms with Crippen molar-refractivity contribution in [3.8, 4) is 11.5 Å². The smallest absolute Gasteiger partial charge is 0.244 e. The van der Waals surface area contributed by atoms with Crippen LogP contribution in [0.3, 0.4) is 0 Å². The Balaban J connectivity index is 2.13. The Morgan fingerprint density at radius 1 is 0.953 bits per heavy atom. The van der Waals surface area contributed by atoms with Crippen LogP contribution in [-0.4, -0.2) is 64.7 Å². The van der Waals surface area contributed by atoms with Gasteiger partial charge in [-0.1, -0.05) is 73.4 Å². The maximum absolute atomic E-state index is 14.3. The standard InChI is InChI=1S/C31H37Cl2N3O6S/c1-21(2)18-34-31(38)28(15-22-9-7-6-8-10-22)35(19-23-11-12-24(32)16-26(23)33)30(37)20-36(43(5,39)40)27-17-25(41-3)13-14-29(27)42-4/h6-14,16-17,21,28H,15,18-20H2,1-5H3,(H,34,38)/t28-/m0/s1. The van der Waals surface area contributed by atoms with Crippen LogP contribution in [0.25, 0.3) is 0 Å². The van der Waals surface area contributed by atoms with Crippen LogP contribution in [0.4, 0.5) is 5.69 Å². The zero-order chi connectivity index (χ0) is 31.7. The fraction of sp³-hybridized carbons (Fsp3) is 0.355. The van der Waals surface area contributed by atoms with E-state index in [-0.39, 0.29) is 36.2 Å². The fourth-order valence-corrected chi connectivity index (χ4v) is 5.71. The van der Waals surface area contributed by atoms with Gasteiger partial charge in [0.25, 0.3) is 0 Å². The van der Waals surface area contributed by atoms with E-state index in [1.807, 2.05) is 44.2 Å². The summed E-state index contributed by atoms with van der Waals surface area (Å²) in [6.07, 6.45) is 1.18. The van der Waals surface area contributed by atoms with E-state index in [1.165, 1.54) is 25.2 Å². The summed E-state index contributed by atoms with van der Waals surface area (Å²) in [5, 5.41) is 3.66. The summed E-state index contributed by atoms with van der Waals surface area (Å²) in [5.41, 5.74) is 1.48. The van der Waals surface area contributed by atoms with E-state index in [0.717, 1.165) is 16.1 Å². The molecule has 0 spiro atoms. The molecule has 3 aromatic rings. The third kappa shape index (κ3) is 9.51. The first-order chi connectivity index (χ1) is 20.3. The fourth-order valence-electron chi connectivity index (χ4n) is 4.40. The molecule has 9 nitrogen and oxygen atoms in total. The number of nitrogens with zero attached hydrogens (tertiary/aromatic N) is 2. The summed E-state index contributed by atoms with van der Waals surface area (Å²) in [6, 6.07) is 17.8. The number of sulfonamides is 1. The van der Waals surface area contributed by atoms with E-state index < -0.39 is 28.5 Å². The lowest BCUT2D eigenvalue weighted by Crippen LogP contribution is -2.53. The highest BCUT2D eigenvalue weighted by Gasteiger charge is 2.34. The first kappa shape index (κ1) is 34.0. The number of rotatable bonds is 14. The number of nitrogens with one attached hydrogen (secondary N) is 1. The number of carbonyl (C=O) groups excluding carboxylic acids is 2. The van der Waals surface area contributed by atoms with Crippen molar-refractivity contribution in [1.29, 1.82) is 0 Å². The number of hydrogen-bond acceptors (Lipinski definition) is 6. The second kappa shape index (κ2) is 15.3. The molecule has 0 fully saturated rings. The Labute approximate surface area is 263 Å². The first-order valence-corrected chi connectivity index (χ1v) is 16.2. The van der Waals surface area contributed by atoms with Gasteiger partial charge in [-0.15, -0.1) is 0 Å². The number of benzene rings is 3. The van der Waals surface area contributed by atoms with E-state index in [9.17, 15) is 18.0 Å². The molecule has 3 aromatic carbocycles. The molecule has 0 heterocycles. The number of halogens is 2. The molecule has 0 saturated heterocycles. The quantitative estimate of drug-likeness (QED) is 0.258. The minimum absolute atomic E-state index is 0.0751. The average Bonchev–Trinajstić information content (AvgIpc) is 2.96. The van der Waals surface area contributed by atoms with Gasteiger partial charge in [-0.05, 0) is 41.3 Å². The third-order valence-electron chi connectivity index (χ3n) is 6.65. The molecule has 1 N–H and O–H groups in total. The van der Waals surface area contributed by atoms with E-state index in [4.69, 9.17) is 32.7 Å². The number of methoxy groups -OCH3 is 2. The molecule has 0 aromatic heterocycles. The van der Waals surface area contributed by atoms with Gasteiger partial charge in [0.15, 0.2) is 0 Å². The van der Waals surface area contributed by atoms with Crippen LogP contribution < -0.4 is 19.1 Å². The van der Waals surface area contributed by atoms with Gasteiger partial charge in [-0.25, -0.2) is 8.42 Å². The molecule has 0 aliphatic heterocycles.